The van der Waals surface area contributed by atoms with Crippen molar-refractivity contribution in [2.24, 2.45) is 5.73 Å². The van der Waals surface area contributed by atoms with Crippen LogP contribution in [0, 0.1) is 0 Å². The Morgan fingerprint density at radius 1 is 1.37 bits per heavy atom. The Morgan fingerprint density at radius 2 is 2.16 bits per heavy atom. The predicted octanol–water partition coefficient (Wildman–Crippen LogP) is 2.88. The highest BCUT2D eigenvalue weighted by Crippen LogP contribution is 2.21. The van der Waals surface area contributed by atoms with Crippen LogP contribution in [-0.2, 0) is 11.2 Å². The maximum atomic E-state index is 6.14. The van der Waals surface area contributed by atoms with Crippen LogP contribution in [0.15, 0.2) is 18.2 Å². The van der Waals surface area contributed by atoms with E-state index in [0.717, 1.165) is 36.4 Å². The molecule has 0 bridgehead atoms. The van der Waals surface area contributed by atoms with E-state index in [4.69, 9.17) is 33.7 Å². The highest BCUT2D eigenvalue weighted by molar-refractivity contribution is 6.35. The van der Waals surface area contributed by atoms with Crippen molar-refractivity contribution >= 4 is 23.2 Å². The monoisotopic (exact) mass is 304 g/mol. The number of hydrogen-bond acceptors (Lipinski definition) is 3. The third-order valence-corrected chi connectivity index (χ3v) is 3.55. The summed E-state index contributed by atoms with van der Waals surface area (Å²) in [5.41, 5.74) is 6.63. The van der Waals surface area contributed by atoms with Gasteiger partial charge in [0.2, 0.25) is 0 Å². The average molecular weight is 305 g/mol. The van der Waals surface area contributed by atoms with Gasteiger partial charge >= 0.3 is 0 Å². The van der Waals surface area contributed by atoms with Gasteiger partial charge in [-0.1, -0.05) is 29.3 Å². The first-order valence-corrected chi connectivity index (χ1v) is 7.29. The van der Waals surface area contributed by atoms with Gasteiger partial charge in [0.1, 0.15) is 0 Å². The van der Waals surface area contributed by atoms with Gasteiger partial charge in [0, 0.05) is 23.2 Å². The molecular formula is C14H22Cl2N2O. The molecule has 0 saturated heterocycles. The summed E-state index contributed by atoms with van der Waals surface area (Å²) >= 11 is 12.0. The first-order chi connectivity index (χ1) is 9.17. The molecule has 3 N–H and O–H groups in total. The molecule has 0 spiro atoms. The smallest absolute Gasteiger partial charge is 0.0615 e. The van der Waals surface area contributed by atoms with Crippen molar-refractivity contribution in [1.82, 2.24) is 5.32 Å². The Kier molecular flexibility index (Phi) is 8.42. The summed E-state index contributed by atoms with van der Waals surface area (Å²) in [6.07, 6.45) is 2.90. The number of ether oxygens (including phenoxy) is 1. The number of benzene rings is 1. The highest BCUT2D eigenvalue weighted by Gasteiger charge is 2.07. The zero-order chi connectivity index (χ0) is 14.1. The maximum absolute atomic E-state index is 6.14. The average Bonchev–Trinajstić information content (AvgIpc) is 2.38. The van der Waals surface area contributed by atoms with Gasteiger partial charge in [0.25, 0.3) is 0 Å². The van der Waals surface area contributed by atoms with Gasteiger partial charge in [0.15, 0.2) is 0 Å². The van der Waals surface area contributed by atoms with E-state index in [-0.39, 0.29) is 0 Å². The molecule has 3 nitrogen and oxygen atoms in total. The van der Waals surface area contributed by atoms with Crippen molar-refractivity contribution in [3.63, 3.8) is 0 Å². The second kappa shape index (κ2) is 9.56. The molecule has 1 aromatic rings. The zero-order valence-electron chi connectivity index (χ0n) is 11.3. The Hall–Kier alpha value is -0.320. The Morgan fingerprint density at radius 3 is 2.79 bits per heavy atom. The molecule has 0 aliphatic rings. The second-order valence-corrected chi connectivity index (χ2v) is 5.37. The molecule has 0 fully saturated rings. The van der Waals surface area contributed by atoms with E-state index >= 15 is 0 Å². The van der Waals surface area contributed by atoms with Crippen LogP contribution < -0.4 is 11.1 Å². The van der Waals surface area contributed by atoms with E-state index in [0.29, 0.717) is 24.2 Å². The number of methoxy groups -OCH3 is 1. The molecule has 0 heterocycles. The van der Waals surface area contributed by atoms with Crippen LogP contribution in [0.2, 0.25) is 10.0 Å². The van der Waals surface area contributed by atoms with Gasteiger partial charge in [-0.05, 0) is 50.0 Å². The fourth-order valence-corrected chi connectivity index (χ4v) is 2.45. The molecule has 0 aliphatic carbocycles. The molecule has 0 amide bonds. The quantitative estimate of drug-likeness (QED) is 0.737. The van der Waals surface area contributed by atoms with E-state index in [9.17, 15) is 0 Å². The standard InChI is InChI=1S/C14H22Cl2N2O/c1-19-10-13(3-2-7-17)18-8-6-11-4-5-12(15)9-14(11)16/h4-5,9,13,18H,2-3,6-8,10,17H2,1H3. The minimum Gasteiger partial charge on any atom is -0.383 e. The van der Waals surface area contributed by atoms with Gasteiger partial charge in [-0.2, -0.15) is 0 Å². The van der Waals surface area contributed by atoms with Crippen molar-refractivity contribution in [2.75, 3.05) is 26.8 Å². The second-order valence-electron chi connectivity index (χ2n) is 4.52. The lowest BCUT2D eigenvalue weighted by molar-refractivity contribution is 0.162. The van der Waals surface area contributed by atoms with Gasteiger partial charge in [-0.25, -0.2) is 0 Å². The van der Waals surface area contributed by atoms with Crippen molar-refractivity contribution in [1.29, 1.82) is 0 Å². The number of nitrogens with two attached hydrogens (primary N) is 1. The number of nitrogens with one attached hydrogen (secondary N) is 1. The van der Waals surface area contributed by atoms with E-state index in [1.165, 1.54) is 0 Å². The van der Waals surface area contributed by atoms with E-state index in [2.05, 4.69) is 5.32 Å². The molecule has 0 saturated carbocycles. The predicted molar refractivity (Wildman–Crippen MR) is 82.1 cm³/mol. The van der Waals surface area contributed by atoms with Gasteiger partial charge in [-0.3, -0.25) is 0 Å². The minimum absolute atomic E-state index is 0.347. The summed E-state index contributed by atoms with van der Waals surface area (Å²) in [6.45, 7) is 2.28. The molecule has 0 radical (unpaired) electrons. The zero-order valence-corrected chi connectivity index (χ0v) is 12.8. The number of rotatable bonds is 9. The Labute approximate surface area is 125 Å². The van der Waals surface area contributed by atoms with Crippen molar-refractivity contribution in [3.8, 4) is 0 Å². The van der Waals surface area contributed by atoms with E-state index in [1.54, 1.807) is 13.2 Å². The lowest BCUT2D eigenvalue weighted by Crippen LogP contribution is -2.35. The van der Waals surface area contributed by atoms with Crippen LogP contribution in [0.5, 0.6) is 0 Å². The molecule has 1 unspecified atom stereocenters. The Bertz CT molecular complexity index is 374. The van der Waals surface area contributed by atoms with Crippen LogP contribution >= 0.6 is 23.2 Å². The van der Waals surface area contributed by atoms with Crippen LogP contribution in [0.1, 0.15) is 18.4 Å². The summed E-state index contributed by atoms with van der Waals surface area (Å²) < 4.78 is 5.20. The van der Waals surface area contributed by atoms with Gasteiger partial charge in [0.05, 0.1) is 6.61 Å². The van der Waals surface area contributed by atoms with Crippen LogP contribution in [-0.4, -0.2) is 32.8 Å². The lowest BCUT2D eigenvalue weighted by atomic mass is 10.1. The molecule has 19 heavy (non-hydrogen) atoms. The van der Waals surface area contributed by atoms with Crippen LogP contribution in [0.4, 0.5) is 0 Å². The molecule has 1 atom stereocenters. The molecule has 1 aromatic carbocycles. The van der Waals surface area contributed by atoms with Gasteiger partial charge < -0.3 is 15.8 Å². The van der Waals surface area contributed by atoms with Crippen molar-refractivity contribution in [3.05, 3.63) is 33.8 Å². The molecular weight excluding hydrogens is 283 g/mol. The minimum atomic E-state index is 0.347. The Balaban J connectivity index is 2.38. The van der Waals surface area contributed by atoms with Crippen molar-refractivity contribution in [2.45, 2.75) is 25.3 Å². The van der Waals surface area contributed by atoms with E-state index in [1.807, 2.05) is 12.1 Å². The summed E-state index contributed by atoms with van der Waals surface area (Å²) in [4.78, 5) is 0. The fraction of sp³-hybridized carbons (Fsp3) is 0.571. The number of hydrogen-bond donors (Lipinski definition) is 2. The fourth-order valence-electron chi connectivity index (χ4n) is 1.95. The summed E-state index contributed by atoms with van der Waals surface area (Å²) in [5.74, 6) is 0. The number of halogens is 2. The topological polar surface area (TPSA) is 47.3 Å². The normalized spacial score (nSPS) is 12.6. The maximum Gasteiger partial charge on any atom is 0.0615 e. The van der Waals surface area contributed by atoms with Crippen LogP contribution in [0.3, 0.4) is 0 Å². The molecule has 0 aliphatic heterocycles. The summed E-state index contributed by atoms with van der Waals surface area (Å²) in [5, 5.41) is 4.86. The first kappa shape index (κ1) is 16.7. The SMILES string of the molecule is COCC(CCCN)NCCc1ccc(Cl)cc1Cl. The largest absolute Gasteiger partial charge is 0.383 e. The lowest BCUT2D eigenvalue weighted by Gasteiger charge is -2.17. The molecule has 1 rings (SSSR count). The molecule has 108 valence electrons. The third-order valence-electron chi connectivity index (χ3n) is 2.97. The van der Waals surface area contributed by atoms with E-state index < -0.39 is 0 Å². The highest BCUT2D eigenvalue weighted by atomic mass is 35.5. The molecule has 0 aromatic heterocycles. The molecule has 5 heteroatoms. The van der Waals surface area contributed by atoms with Crippen LogP contribution in [0.25, 0.3) is 0 Å². The van der Waals surface area contributed by atoms with Crippen molar-refractivity contribution < 1.29 is 4.74 Å². The van der Waals surface area contributed by atoms with Gasteiger partial charge in [-0.15, -0.1) is 0 Å². The first-order valence-electron chi connectivity index (χ1n) is 6.53. The third kappa shape index (κ3) is 6.59. The summed E-state index contributed by atoms with van der Waals surface area (Å²) in [7, 11) is 1.72. The summed E-state index contributed by atoms with van der Waals surface area (Å²) in [6, 6.07) is 5.96.